The number of benzene rings is 1. The molecule has 0 saturated carbocycles. The summed E-state index contributed by atoms with van der Waals surface area (Å²) in [6.45, 7) is 3.80. The van der Waals surface area contributed by atoms with E-state index in [0.717, 1.165) is 12.0 Å². The van der Waals surface area contributed by atoms with Crippen LogP contribution in [0.2, 0.25) is 0 Å². The first kappa shape index (κ1) is 15.3. The summed E-state index contributed by atoms with van der Waals surface area (Å²) in [5.74, 6) is 0. The zero-order valence-electron chi connectivity index (χ0n) is 11.2. The molecule has 1 aromatic carbocycles. The van der Waals surface area contributed by atoms with Crippen LogP contribution >= 0.6 is 0 Å². The van der Waals surface area contributed by atoms with Crippen LogP contribution in [0.3, 0.4) is 0 Å². The Kier molecular flexibility index (Phi) is 7.15. The molecule has 0 aliphatic rings. The van der Waals surface area contributed by atoms with E-state index in [2.05, 4.69) is 0 Å². The molecular weight excluding hydrogens is 248 g/mol. The third-order valence-corrected chi connectivity index (χ3v) is 3.98. The van der Waals surface area contributed by atoms with Gasteiger partial charge in [-0.1, -0.05) is 37.3 Å². The van der Waals surface area contributed by atoms with E-state index in [-0.39, 0.29) is 12.6 Å². The second kappa shape index (κ2) is 8.39. The number of aliphatic hydroxyl groups excluding tert-OH is 1. The lowest BCUT2D eigenvalue weighted by Gasteiger charge is -2.22. The van der Waals surface area contributed by atoms with E-state index in [0.29, 0.717) is 0 Å². The smallest absolute Gasteiger partial charge is 0.199 e. The number of ether oxygens (including phenoxy) is 2. The number of hydrogen-bond acceptors (Lipinski definition) is 4. The van der Waals surface area contributed by atoms with Crippen LogP contribution < -0.4 is 0 Å². The van der Waals surface area contributed by atoms with Crippen LogP contribution in [0.5, 0.6) is 0 Å². The van der Waals surface area contributed by atoms with Gasteiger partial charge in [0, 0.05) is 7.11 Å². The molecule has 0 aliphatic carbocycles. The summed E-state index contributed by atoms with van der Waals surface area (Å²) in [6.07, 6.45) is 0.144. The molecule has 4 nitrogen and oxygen atoms in total. The molecule has 0 heterocycles. The molecule has 1 aromatic rings. The highest BCUT2D eigenvalue weighted by atomic mass is 28.2. The monoisotopic (exact) mass is 270 g/mol. The quantitative estimate of drug-likeness (QED) is 0.575. The summed E-state index contributed by atoms with van der Waals surface area (Å²) in [6, 6.07) is 9.56. The van der Waals surface area contributed by atoms with Crippen LogP contribution in [-0.4, -0.2) is 34.6 Å². The third kappa shape index (κ3) is 5.28. The Morgan fingerprint density at radius 1 is 1.28 bits per heavy atom. The first-order valence-corrected chi connectivity index (χ1v) is 7.59. The fraction of sp³-hybridized carbons (Fsp3) is 0.538. The van der Waals surface area contributed by atoms with Gasteiger partial charge in [-0.25, -0.2) is 0 Å². The molecule has 0 aliphatic heterocycles. The molecule has 0 spiro atoms. The minimum Gasteiger partial charge on any atom is -0.396 e. The van der Waals surface area contributed by atoms with Crippen LogP contribution in [0.15, 0.2) is 30.3 Å². The maximum absolute atomic E-state index is 10.0. The summed E-state index contributed by atoms with van der Waals surface area (Å²) in [5.41, 5.74) is 0.403. The van der Waals surface area contributed by atoms with Crippen molar-refractivity contribution in [3.63, 3.8) is 0 Å². The third-order valence-electron chi connectivity index (χ3n) is 2.63. The van der Waals surface area contributed by atoms with Crippen molar-refractivity contribution in [3.8, 4) is 0 Å². The summed E-state index contributed by atoms with van der Waals surface area (Å²) in [7, 11) is 0.494. The van der Waals surface area contributed by atoms with Gasteiger partial charge < -0.3 is 19.0 Å². The van der Waals surface area contributed by atoms with Gasteiger partial charge in [0.15, 0.2) is 16.1 Å². The van der Waals surface area contributed by atoms with Crippen molar-refractivity contribution in [2.24, 2.45) is 0 Å². The maximum atomic E-state index is 10.0. The van der Waals surface area contributed by atoms with Gasteiger partial charge in [0.2, 0.25) is 0 Å². The van der Waals surface area contributed by atoms with E-state index in [1.165, 1.54) is 0 Å². The minimum absolute atomic E-state index is 0.294. The molecule has 3 atom stereocenters. The summed E-state index contributed by atoms with van der Waals surface area (Å²) < 4.78 is 16.2. The molecule has 18 heavy (non-hydrogen) atoms. The molecule has 0 radical (unpaired) electrons. The SMILES string of the molecule is CCC(O[SiH2]C(O)c1ccccc1)OC(C)OC. The Morgan fingerprint density at radius 2 is 1.94 bits per heavy atom. The van der Waals surface area contributed by atoms with Crippen LogP contribution in [0.4, 0.5) is 0 Å². The normalized spacial score (nSPS) is 16.9. The lowest BCUT2D eigenvalue weighted by atomic mass is 10.2. The Bertz CT molecular complexity index is 320. The van der Waals surface area contributed by atoms with E-state index in [1.54, 1.807) is 7.11 Å². The molecule has 3 unspecified atom stereocenters. The van der Waals surface area contributed by atoms with Crippen LogP contribution in [0.25, 0.3) is 0 Å². The number of aliphatic hydroxyl groups is 1. The van der Waals surface area contributed by atoms with Crippen molar-refractivity contribution < 1.29 is 19.0 Å². The molecule has 1 rings (SSSR count). The Labute approximate surface area is 111 Å². The van der Waals surface area contributed by atoms with Gasteiger partial charge in [-0.2, -0.15) is 0 Å². The predicted octanol–water partition coefficient (Wildman–Crippen LogP) is 1.52. The minimum atomic E-state index is -1.10. The lowest BCUT2D eigenvalue weighted by Crippen LogP contribution is -2.27. The van der Waals surface area contributed by atoms with Gasteiger partial charge in [0.25, 0.3) is 0 Å². The summed E-state index contributed by atoms with van der Waals surface area (Å²) >= 11 is 0. The van der Waals surface area contributed by atoms with Crippen molar-refractivity contribution in [1.82, 2.24) is 0 Å². The van der Waals surface area contributed by atoms with E-state index >= 15 is 0 Å². The van der Waals surface area contributed by atoms with Gasteiger partial charge >= 0.3 is 0 Å². The van der Waals surface area contributed by atoms with Gasteiger partial charge in [-0.05, 0) is 18.9 Å². The van der Waals surface area contributed by atoms with Gasteiger partial charge in [-0.15, -0.1) is 0 Å². The molecule has 0 fully saturated rings. The van der Waals surface area contributed by atoms with Crippen molar-refractivity contribution in [2.45, 2.75) is 38.6 Å². The van der Waals surface area contributed by atoms with Crippen molar-refractivity contribution in [2.75, 3.05) is 7.11 Å². The highest BCUT2D eigenvalue weighted by Crippen LogP contribution is 2.13. The zero-order valence-corrected chi connectivity index (χ0v) is 12.6. The largest absolute Gasteiger partial charge is 0.396 e. The van der Waals surface area contributed by atoms with Gasteiger partial charge in [0.1, 0.15) is 6.29 Å². The van der Waals surface area contributed by atoms with E-state index < -0.39 is 15.5 Å². The predicted molar refractivity (Wildman–Crippen MR) is 72.7 cm³/mol. The average Bonchev–Trinajstić information content (AvgIpc) is 2.43. The first-order valence-electron chi connectivity index (χ1n) is 6.20. The molecule has 1 N–H and O–H groups in total. The second-order valence-electron chi connectivity index (χ2n) is 4.04. The highest BCUT2D eigenvalue weighted by molar-refractivity contribution is 6.29. The molecule has 0 bridgehead atoms. The average molecular weight is 270 g/mol. The molecule has 5 heteroatoms. The molecule has 0 aromatic heterocycles. The van der Waals surface area contributed by atoms with Crippen molar-refractivity contribution >= 4 is 9.76 Å². The number of hydrogen-bond donors (Lipinski definition) is 1. The van der Waals surface area contributed by atoms with E-state index in [9.17, 15) is 5.11 Å². The van der Waals surface area contributed by atoms with E-state index in [4.69, 9.17) is 13.9 Å². The van der Waals surface area contributed by atoms with Crippen LogP contribution in [0.1, 0.15) is 31.6 Å². The van der Waals surface area contributed by atoms with Crippen molar-refractivity contribution in [3.05, 3.63) is 35.9 Å². The molecule has 102 valence electrons. The first-order chi connectivity index (χ1) is 8.67. The second-order valence-corrected chi connectivity index (χ2v) is 5.48. The topological polar surface area (TPSA) is 47.9 Å². The van der Waals surface area contributed by atoms with Crippen LogP contribution in [-0.2, 0) is 13.9 Å². The standard InChI is InChI=1S/C13H22O4Si/c1-4-12(16-10(2)15-3)17-18-13(14)11-8-6-5-7-9-11/h5-10,12-14H,4,18H2,1-3H3. The lowest BCUT2D eigenvalue weighted by molar-refractivity contribution is -0.202. The maximum Gasteiger partial charge on any atom is 0.199 e. The van der Waals surface area contributed by atoms with Crippen molar-refractivity contribution in [1.29, 1.82) is 0 Å². The highest BCUT2D eigenvalue weighted by Gasteiger charge is 2.15. The Morgan fingerprint density at radius 3 is 2.50 bits per heavy atom. The number of methoxy groups -OCH3 is 1. The van der Waals surface area contributed by atoms with Crippen LogP contribution in [0, 0.1) is 0 Å². The molecule has 0 amide bonds. The fourth-order valence-corrected chi connectivity index (χ4v) is 2.67. The summed E-state index contributed by atoms with van der Waals surface area (Å²) in [5, 5.41) is 10.0. The summed E-state index contributed by atoms with van der Waals surface area (Å²) in [4.78, 5) is 0. The Hall–Kier alpha value is -0.723. The zero-order chi connectivity index (χ0) is 13.4. The molecule has 0 saturated heterocycles. The van der Waals surface area contributed by atoms with E-state index in [1.807, 2.05) is 44.2 Å². The fourth-order valence-electron chi connectivity index (χ4n) is 1.49. The number of rotatable bonds is 8. The van der Waals surface area contributed by atoms with Gasteiger partial charge in [0.05, 0.1) is 5.73 Å². The Balaban J connectivity index is 2.38. The van der Waals surface area contributed by atoms with Gasteiger partial charge in [-0.3, -0.25) is 0 Å². The molecular formula is C13H22O4Si.